The number of ether oxygens (including phenoxy) is 1. The van der Waals surface area contributed by atoms with Crippen molar-refractivity contribution < 1.29 is 9.53 Å². The predicted octanol–water partition coefficient (Wildman–Crippen LogP) is 5.05. The number of primary amides is 1. The predicted molar refractivity (Wildman–Crippen MR) is 116 cm³/mol. The van der Waals surface area contributed by atoms with Gasteiger partial charge in [-0.1, -0.05) is 36.4 Å². The molecule has 0 aliphatic rings. The average molecular weight is 383 g/mol. The number of pyridine rings is 1. The highest BCUT2D eigenvalue weighted by molar-refractivity contribution is 6.02. The smallest absolute Gasteiger partial charge is 0.324 e. The Morgan fingerprint density at radius 2 is 1.55 bits per heavy atom. The maximum atomic E-state index is 12.4. The summed E-state index contributed by atoms with van der Waals surface area (Å²) in [6.45, 7) is 0. The molecule has 2 N–H and O–H groups in total. The summed E-state index contributed by atoms with van der Waals surface area (Å²) < 4.78 is 5.55. The molecule has 1 heterocycles. The number of hydrogen-bond acceptors (Lipinski definition) is 3. The SMILES string of the molecule is COc1cc2ccccc2cc1N(C(N)=O)c1ccc(Cc2ccncc2)cc1. The van der Waals surface area contributed by atoms with Crippen LogP contribution in [0.5, 0.6) is 5.75 Å². The number of benzene rings is 3. The van der Waals surface area contributed by atoms with E-state index in [-0.39, 0.29) is 0 Å². The first-order valence-electron chi connectivity index (χ1n) is 9.30. The van der Waals surface area contributed by atoms with Crippen LogP contribution in [0.1, 0.15) is 11.1 Å². The molecule has 2 amide bonds. The van der Waals surface area contributed by atoms with E-state index >= 15 is 0 Å². The summed E-state index contributed by atoms with van der Waals surface area (Å²) in [5.74, 6) is 0.586. The Bertz CT molecular complexity index is 1140. The molecule has 5 heteroatoms. The fourth-order valence-corrected chi connectivity index (χ4v) is 3.43. The van der Waals surface area contributed by atoms with Gasteiger partial charge >= 0.3 is 6.03 Å². The third kappa shape index (κ3) is 3.89. The minimum absolute atomic E-state index is 0.569. The molecule has 144 valence electrons. The van der Waals surface area contributed by atoms with Gasteiger partial charge in [-0.05, 0) is 64.7 Å². The van der Waals surface area contributed by atoms with Crippen LogP contribution in [-0.2, 0) is 6.42 Å². The maximum Gasteiger partial charge on any atom is 0.324 e. The monoisotopic (exact) mass is 383 g/mol. The van der Waals surface area contributed by atoms with Crippen LogP contribution < -0.4 is 15.4 Å². The summed E-state index contributed by atoms with van der Waals surface area (Å²) in [6.07, 6.45) is 4.35. The van der Waals surface area contributed by atoms with Crippen molar-refractivity contribution in [3.05, 3.63) is 96.3 Å². The second kappa shape index (κ2) is 8.02. The van der Waals surface area contributed by atoms with Gasteiger partial charge in [-0.2, -0.15) is 0 Å². The molecule has 5 nitrogen and oxygen atoms in total. The number of hydrogen-bond donors (Lipinski definition) is 1. The zero-order valence-corrected chi connectivity index (χ0v) is 16.1. The van der Waals surface area contributed by atoms with Crippen LogP contribution in [0.3, 0.4) is 0 Å². The second-order valence-electron chi connectivity index (χ2n) is 6.74. The van der Waals surface area contributed by atoms with Crippen molar-refractivity contribution in [2.45, 2.75) is 6.42 Å². The molecule has 0 atom stereocenters. The van der Waals surface area contributed by atoms with Gasteiger partial charge in [0.15, 0.2) is 0 Å². The number of nitrogens with zero attached hydrogens (tertiary/aromatic N) is 2. The van der Waals surface area contributed by atoms with E-state index in [1.807, 2.05) is 72.8 Å². The number of urea groups is 1. The third-order valence-corrected chi connectivity index (χ3v) is 4.86. The average Bonchev–Trinajstić information content (AvgIpc) is 2.75. The number of carbonyl (C=O) groups excluding carboxylic acids is 1. The van der Waals surface area contributed by atoms with Gasteiger partial charge in [-0.3, -0.25) is 9.88 Å². The number of fused-ring (bicyclic) bond motifs is 1. The summed E-state index contributed by atoms with van der Waals surface area (Å²) in [7, 11) is 1.59. The number of methoxy groups -OCH3 is 1. The van der Waals surface area contributed by atoms with Crippen molar-refractivity contribution in [3.63, 3.8) is 0 Å². The molecule has 0 saturated carbocycles. The number of anilines is 2. The van der Waals surface area contributed by atoms with Gasteiger partial charge in [0, 0.05) is 12.4 Å². The van der Waals surface area contributed by atoms with Crippen LogP contribution in [0.4, 0.5) is 16.2 Å². The molecule has 4 rings (SSSR count). The van der Waals surface area contributed by atoms with E-state index < -0.39 is 6.03 Å². The highest BCUT2D eigenvalue weighted by Crippen LogP contribution is 2.37. The molecule has 0 saturated heterocycles. The molecular weight excluding hydrogens is 362 g/mol. The lowest BCUT2D eigenvalue weighted by Crippen LogP contribution is -2.31. The lowest BCUT2D eigenvalue weighted by Gasteiger charge is -2.23. The molecule has 4 aromatic rings. The normalized spacial score (nSPS) is 10.7. The van der Waals surface area contributed by atoms with Crippen LogP contribution in [0, 0.1) is 0 Å². The van der Waals surface area contributed by atoms with E-state index in [2.05, 4.69) is 4.98 Å². The first kappa shape index (κ1) is 18.5. The minimum atomic E-state index is -0.569. The summed E-state index contributed by atoms with van der Waals surface area (Å²) in [5.41, 5.74) is 9.36. The van der Waals surface area contributed by atoms with Gasteiger partial charge in [-0.15, -0.1) is 0 Å². The van der Waals surface area contributed by atoms with Crippen molar-refractivity contribution in [2.24, 2.45) is 5.73 Å². The van der Waals surface area contributed by atoms with E-state index in [0.29, 0.717) is 17.1 Å². The fourth-order valence-electron chi connectivity index (χ4n) is 3.43. The molecular formula is C24H21N3O2. The van der Waals surface area contributed by atoms with Gasteiger partial charge in [0.2, 0.25) is 0 Å². The molecule has 0 bridgehead atoms. The van der Waals surface area contributed by atoms with Crippen molar-refractivity contribution in [3.8, 4) is 5.75 Å². The highest BCUT2D eigenvalue weighted by Gasteiger charge is 2.20. The van der Waals surface area contributed by atoms with Gasteiger partial charge in [0.1, 0.15) is 5.75 Å². The number of nitrogens with two attached hydrogens (primary N) is 1. The largest absolute Gasteiger partial charge is 0.495 e. The zero-order chi connectivity index (χ0) is 20.2. The number of carbonyl (C=O) groups is 1. The Kier molecular flexibility index (Phi) is 5.12. The Morgan fingerprint density at radius 3 is 2.17 bits per heavy atom. The molecule has 0 aliphatic carbocycles. The molecule has 0 fully saturated rings. The van der Waals surface area contributed by atoms with Crippen LogP contribution >= 0.6 is 0 Å². The number of aromatic nitrogens is 1. The van der Waals surface area contributed by atoms with E-state index in [0.717, 1.165) is 22.8 Å². The highest BCUT2D eigenvalue weighted by atomic mass is 16.5. The van der Waals surface area contributed by atoms with E-state index in [9.17, 15) is 4.79 Å². The third-order valence-electron chi connectivity index (χ3n) is 4.86. The molecule has 0 radical (unpaired) electrons. The van der Waals surface area contributed by atoms with Gasteiger partial charge in [-0.25, -0.2) is 4.79 Å². The van der Waals surface area contributed by atoms with Crippen molar-refractivity contribution in [2.75, 3.05) is 12.0 Å². The van der Waals surface area contributed by atoms with Crippen LogP contribution in [0.2, 0.25) is 0 Å². The van der Waals surface area contributed by atoms with Gasteiger partial charge in [0.05, 0.1) is 18.5 Å². The first-order valence-corrected chi connectivity index (χ1v) is 9.30. The summed E-state index contributed by atoms with van der Waals surface area (Å²) in [5, 5.41) is 2.04. The van der Waals surface area contributed by atoms with Gasteiger partial charge < -0.3 is 10.5 Å². The van der Waals surface area contributed by atoms with Gasteiger partial charge in [0.25, 0.3) is 0 Å². The topological polar surface area (TPSA) is 68.5 Å². The molecule has 1 aromatic heterocycles. The Labute approximate surface area is 169 Å². The fraction of sp³-hybridized carbons (Fsp3) is 0.0833. The van der Waals surface area contributed by atoms with E-state index in [1.54, 1.807) is 19.5 Å². The molecule has 0 aliphatic heterocycles. The van der Waals surface area contributed by atoms with Crippen molar-refractivity contribution in [1.29, 1.82) is 0 Å². The standard InChI is InChI=1S/C24H21N3O2/c1-29-23-16-20-5-3-2-4-19(20)15-22(23)27(24(25)28)21-8-6-17(7-9-21)14-18-10-12-26-13-11-18/h2-13,15-16H,14H2,1H3,(H2,25,28). The Balaban J connectivity index is 1.71. The van der Waals surface area contributed by atoms with Crippen LogP contribution in [0.25, 0.3) is 10.8 Å². The molecule has 3 aromatic carbocycles. The summed E-state index contributed by atoms with van der Waals surface area (Å²) in [6, 6.07) is 23.0. The molecule has 0 spiro atoms. The van der Waals surface area contributed by atoms with Crippen molar-refractivity contribution >= 4 is 28.2 Å². The molecule has 29 heavy (non-hydrogen) atoms. The minimum Gasteiger partial charge on any atom is -0.495 e. The number of rotatable bonds is 5. The summed E-state index contributed by atoms with van der Waals surface area (Å²) in [4.78, 5) is 17.9. The maximum absolute atomic E-state index is 12.4. The zero-order valence-electron chi connectivity index (χ0n) is 16.1. The first-order chi connectivity index (χ1) is 14.2. The second-order valence-corrected chi connectivity index (χ2v) is 6.74. The summed E-state index contributed by atoms with van der Waals surface area (Å²) >= 11 is 0. The van der Waals surface area contributed by atoms with Crippen LogP contribution in [-0.4, -0.2) is 18.1 Å². The Hall–Kier alpha value is -3.86. The van der Waals surface area contributed by atoms with E-state index in [4.69, 9.17) is 10.5 Å². The van der Waals surface area contributed by atoms with E-state index in [1.165, 1.54) is 10.5 Å². The molecule has 0 unspecified atom stereocenters. The Morgan fingerprint density at radius 1 is 0.931 bits per heavy atom. The number of amides is 2. The lowest BCUT2D eigenvalue weighted by molar-refractivity contribution is 0.256. The lowest BCUT2D eigenvalue weighted by atomic mass is 10.0. The quantitative estimate of drug-likeness (QED) is 0.524. The van der Waals surface area contributed by atoms with Crippen LogP contribution in [0.15, 0.2) is 85.2 Å². The van der Waals surface area contributed by atoms with Crippen molar-refractivity contribution in [1.82, 2.24) is 4.98 Å².